The quantitative estimate of drug-likeness (QED) is 0.739. The van der Waals surface area contributed by atoms with E-state index in [-0.39, 0.29) is 18.3 Å². The molecule has 7 heteroatoms. The van der Waals surface area contributed by atoms with E-state index in [4.69, 9.17) is 9.63 Å². The SMILES string of the molecule is O=C(O)c1noc(Cn2cccn2)n1. The largest absolute Gasteiger partial charge is 0.475 e. The first-order chi connectivity index (χ1) is 6.75. The lowest BCUT2D eigenvalue weighted by atomic mass is 10.6. The molecule has 0 saturated carbocycles. The van der Waals surface area contributed by atoms with Gasteiger partial charge in [0, 0.05) is 12.4 Å². The Morgan fingerprint density at radius 3 is 3.07 bits per heavy atom. The number of aromatic nitrogens is 4. The lowest BCUT2D eigenvalue weighted by molar-refractivity contribution is 0.0680. The zero-order valence-electron chi connectivity index (χ0n) is 6.99. The van der Waals surface area contributed by atoms with E-state index in [9.17, 15) is 4.79 Å². The summed E-state index contributed by atoms with van der Waals surface area (Å²) in [5.74, 6) is -1.33. The number of nitrogens with zero attached hydrogens (tertiary/aromatic N) is 4. The molecule has 14 heavy (non-hydrogen) atoms. The molecule has 0 amide bonds. The molecule has 0 unspecified atom stereocenters. The van der Waals surface area contributed by atoms with Crippen LogP contribution in [0.5, 0.6) is 0 Å². The van der Waals surface area contributed by atoms with Gasteiger partial charge in [0.1, 0.15) is 6.54 Å². The number of hydrogen-bond donors (Lipinski definition) is 1. The summed E-state index contributed by atoms with van der Waals surface area (Å²) in [7, 11) is 0. The second-order valence-electron chi connectivity index (χ2n) is 2.52. The Morgan fingerprint density at radius 1 is 1.64 bits per heavy atom. The van der Waals surface area contributed by atoms with E-state index < -0.39 is 5.97 Å². The molecule has 0 bridgehead atoms. The molecule has 0 saturated heterocycles. The van der Waals surface area contributed by atoms with Crippen molar-refractivity contribution in [3.8, 4) is 0 Å². The number of rotatable bonds is 3. The molecule has 0 atom stereocenters. The van der Waals surface area contributed by atoms with Crippen molar-refractivity contribution in [1.29, 1.82) is 0 Å². The zero-order valence-corrected chi connectivity index (χ0v) is 6.99. The number of carboxylic acid groups (broad SMARTS) is 1. The van der Waals surface area contributed by atoms with Gasteiger partial charge in [-0.25, -0.2) is 4.79 Å². The summed E-state index contributed by atoms with van der Waals surface area (Å²) < 4.78 is 6.25. The zero-order chi connectivity index (χ0) is 9.97. The van der Waals surface area contributed by atoms with Crippen LogP contribution < -0.4 is 0 Å². The molecule has 7 nitrogen and oxygen atoms in total. The Morgan fingerprint density at radius 2 is 2.50 bits per heavy atom. The van der Waals surface area contributed by atoms with Crippen molar-refractivity contribution in [2.24, 2.45) is 0 Å². The van der Waals surface area contributed by atoms with E-state index in [2.05, 4.69) is 15.2 Å². The molecule has 2 aromatic heterocycles. The highest BCUT2D eigenvalue weighted by Crippen LogP contribution is 1.99. The van der Waals surface area contributed by atoms with Gasteiger partial charge in [-0.05, 0) is 11.2 Å². The second kappa shape index (κ2) is 3.29. The predicted octanol–water partition coefficient (Wildman–Crippen LogP) is 0.0126. The molecule has 0 aliphatic carbocycles. The summed E-state index contributed by atoms with van der Waals surface area (Å²) in [4.78, 5) is 14.1. The molecule has 1 N–H and O–H groups in total. The smallest absolute Gasteiger partial charge is 0.377 e. The van der Waals surface area contributed by atoms with Crippen LogP contribution in [0.1, 0.15) is 16.5 Å². The Balaban J connectivity index is 2.14. The van der Waals surface area contributed by atoms with Crippen LogP contribution in [-0.4, -0.2) is 31.0 Å². The molecule has 2 aromatic rings. The van der Waals surface area contributed by atoms with Gasteiger partial charge in [0.05, 0.1) is 0 Å². The average Bonchev–Trinajstić information content (AvgIpc) is 2.75. The van der Waals surface area contributed by atoms with Gasteiger partial charge in [0.25, 0.3) is 5.82 Å². The third kappa shape index (κ3) is 1.60. The minimum atomic E-state index is -1.21. The van der Waals surface area contributed by atoms with Crippen molar-refractivity contribution in [2.45, 2.75) is 6.54 Å². The first kappa shape index (κ1) is 8.42. The van der Waals surface area contributed by atoms with Crippen LogP contribution in [0.15, 0.2) is 23.0 Å². The first-order valence-corrected chi connectivity index (χ1v) is 3.79. The highest BCUT2D eigenvalue weighted by atomic mass is 16.5. The molecule has 0 aliphatic heterocycles. The summed E-state index contributed by atoms with van der Waals surface area (Å²) in [5.41, 5.74) is 0. The normalized spacial score (nSPS) is 10.3. The summed E-state index contributed by atoms with van der Waals surface area (Å²) in [6.45, 7) is 0.271. The van der Waals surface area contributed by atoms with Gasteiger partial charge < -0.3 is 9.63 Å². The van der Waals surface area contributed by atoms with E-state index in [1.54, 1.807) is 23.1 Å². The van der Waals surface area contributed by atoms with Gasteiger partial charge in [-0.1, -0.05) is 0 Å². The van der Waals surface area contributed by atoms with Crippen molar-refractivity contribution in [2.75, 3.05) is 0 Å². The monoisotopic (exact) mass is 194 g/mol. The molecule has 2 rings (SSSR count). The summed E-state index contributed by atoms with van der Waals surface area (Å²) in [6, 6.07) is 1.74. The van der Waals surface area contributed by atoms with Crippen molar-refractivity contribution < 1.29 is 14.4 Å². The van der Waals surface area contributed by atoms with Crippen molar-refractivity contribution in [3.05, 3.63) is 30.2 Å². The topological polar surface area (TPSA) is 94.0 Å². The maximum atomic E-state index is 10.4. The van der Waals surface area contributed by atoms with Crippen LogP contribution >= 0.6 is 0 Å². The fourth-order valence-corrected chi connectivity index (χ4v) is 0.939. The van der Waals surface area contributed by atoms with E-state index >= 15 is 0 Å². The third-order valence-corrected chi connectivity index (χ3v) is 1.52. The Kier molecular flexibility index (Phi) is 1.98. The van der Waals surface area contributed by atoms with Crippen LogP contribution in [0.25, 0.3) is 0 Å². The van der Waals surface area contributed by atoms with E-state index in [0.29, 0.717) is 0 Å². The Hall–Kier alpha value is -2.18. The molecule has 0 aliphatic rings. The Bertz CT molecular complexity index is 433. The third-order valence-electron chi connectivity index (χ3n) is 1.52. The van der Waals surface area contributed by atoms with Crippen LogP contribution in [-0.2, 0) is 6.54 Å². The molecule has 0 radical (unpaired) electrons. The van der Waals surface area contributed by atoms with Crippen molar-refractivity contribution >= 4 is 5.97 Å². The van der Waals surface area contributed by atoms with Crippen LogP contribution in [0, 0.1) is 0 Å². The fraction of sp³-hybridized carbons (Fsp3) is 0.143. The molecule has 0 aromatic carbocycles. The minimum Gasteiger partial charge on any atom is -0.475 e. The summed E-state index contributed by atoms with van der Waals surface area (Å²) >= 11 is 0. The van der Waals surface area contributed by atoms with Crippen LogP contribution in [0.3, 0.4) is 0 Å². The number of aromatic carboxylic acids is 1. The van der Waals surface area contributed by atoms with Gasteiger partial charge in [-0.2, -0.15) is 10.1 Å². The lowest BCUT2D eigenvalue weighted by Gasteiger charge is -1.92. The van der Waals surface area contributed by atoms with Gasteiger partial charge >= 0.3 is 5.97 Å². The lowest BCUT2D eigenvalue weighted by Crippen LogP contribution is -2.02. The molecule has 72 valence electrons. The number of carboxylic acids is 1. The standard InChI is InChI=1S/C7H6N4O3/c12-7(13)6-9-5(14-10-6)4-11-3-1-2-8-11/h1-3H,4H2,(H,12,13). The minimum absolute atomic E-state index is 0.214. The number of hydrogen-bond acceptors (Lipinski definition) is 5. The van der Waals surface area contributed by atoms with Crippen molar-refractivity contribution in [3.63, 3.8) is 0 Å². The molecule has 0 fully saturated rings. The van der Waals surface area contributed by atoms with Crippen molar-refractivity contribution in [1.82, 2.24) is 19.9 Å². The molecular weight excluding hydrogens is 188 g/mol. The highest BCUT2D eigenvalue weighted by Gasteiger charge is 2.12. The van der Waals surface area contributed by atoms with E-state index in [0.717, 1.165) is 0 Å². The van der Waals surface area contributed by atoms with E-state index in [1.165, 1.54) is 0 Å². The summed E-state index contributed by atoms with van der Waals surface area (Å²) in [5, 5.41) is 15.7. The number of carbonyl (C=O) groups is 1. The Labute approximate surface area is 78.0 Å². The molecular formula is C7H6N4O3. The molecule has 0 spiro atoms. The van der Waals surface area contributed by atoms with Crippen LogP contribution in [0.4, 0.5) is 0 Å². The van der Waals surface area contributed by atoms with Gasteiger partial charge in [0.2, 0.25) is 5.89 Å². The van der Waals surface area contributed by atoms with Gasteiger partial charge in [-0.15, -0.1) is 0 Å². The van der Waals surface area contributed by atoms with Gasteiger partial charge in [0.15, 0.2) is 0 Å². The van der Waals surface area contributed by atoms with Gasteiger partial charge in [-0.3, -0.25) is 4.68 Å². The summed E-state index contributed by atoms with van der Waals surface area (Å²) in [6.07, 6.45) is 3.32. The second-order valence-corrected chi connectivity index (χ2v) is 2.52. The highest BCUT2D eigenvalue weighted by molar-refractivity contribution is 5.82. The fourth-order valence-electron chi connectivity index (χ4n) is 0.939. The average molecular weight is 194 g/mol. The predicted molar refractivity (Wildman–Crippen MR) is 42.6 cm³/mol. The first-order valence-electron chi connectivity index (χ1n) is 3.79. The maximum absolute atomic E-state index is 10.4. The molecule has 2 heterocycles. The van der Waals surface area contributed by atoms with Crippen LogP contribution in [0.2, 0.25) is 0 Å². The van der Waals surface area contributed by atoms with E-state index in [1.807, 2.05) is 0 Å². The maximum Gasteiger partial charge on any atom is 0.377 e.